The highest BCUT2D eigenvalue weighted by atomic mass is 79.9. The largest absolute Gasteiger partial charge is 0.354 e. The summed E-state index contributed by atoms with van der Waals surface area (Å²) in [5.74, 6) is 0.298. The maximum absolute atomic E-state index is 13.1. The Morgan fingerprint density at radius 1 is 1.00 bits per heavy atom. The van der Waals surface area contributed by atoms with E-state index in [4.69, 9.17) is 0 Å². The van der Waals surface area contributed by atoms with Gasteiger partial charge in [-0.2, -0.15) is 0 Å². The molecule has 0 bridgehead atoms. The molecule has 3 aromatic rings. The summed E-state index contributed by atoms with van der Waals surface area (Å²) in [6.45, 7) is 0. The molecule has 0 unspecified atom stereocenters. The van der Waals surface area contributed by atoms with E-state index in [0.29, 0.717) is 11.5 Å². The molecule has 30 heavy (non-hydrogen) atoms. The average molecular weight is 465 g/mol. The summed E-state index contributed by atoms with van der Waals surface area (Å²) in [6, 6.07) is 15.3. The lowest BCUT2D eigenvalue weighted by Gasteiger charge is -2.40. The number of halogens is 1. The lowest BCUT2D eigenvalue weighted by molar-refractivity contribution is -0.124. The van der Waals surface area contributed by atoms with Crippen molar-refractivity contribution in [3.05, 3.63) is 76.7 Å². The number of aromatic nitrogens is 2. The van der Waals surface area contributed by atoms with E-state index in [-0.39, 0.29) is 11.8 Å². The fourth-order valence-corrected chi connectivity index (χ4v) is 3.94. The number of nitrogens with one attached hydrogen (secondary N) is 2. The zero-order valence-corrected chi connectivity index (χ0v) is 18.1. The Labute approximate surface area is 183 Å². The Bertz CT molecular complexity index is 1080. The fraction of sp³-hybridized carbons (Fsp3) is 0.217. The monoisotopic (exact) mass is 464 g/mol. The summed E-state index contributed by atoms with van der Waals surface area (Å²) in [7, 11) is 1.58. The highest BCUT2D eigenvalue weighted by Crippen LogP contribution is 2.45. The Morgan fingerprint density at radius 2 is 1.77 bits per heavy atom. The van der Waals surface area contributed by atoms with Gasteiger partial charge in [0.1, 0.15) is 11.5 Å². The van der Waals surface area contributed by atoms with Crippen LogP contribution in [0.1, 0.15) is 35.3 Å². The van der Waals surface area contributed by atoms with Gasteiger partial charge >= 0.3 is 0 Å². The van der Waals surface area contributed by atoms with E-state index >= 15 is 0 Å². The van der Waals surface area contributed by atoms with Gasteiger partial charge < -0.3 is 10.6 Å². The van der Waals surface area contributed by atoms with Crippen LogP contribution in [0.2, 0.25) is 0 Å². The van der Waals surface area contributed by atoms with Crippen molar-refractivity contribution in [3.8, 4) is 11.1 Å². The van der Waals surface area contributed by atoms with E-state index in [1.54, 1.807) is 31.6 Å². The van der Waals surface area contributed by atoms with Crippen LogP contribution in [0.25, 0.3) is 11.1 Å². The maximum Gasteiger partial charge on any atom is 0.269 e. The van der Waals surface area contributed by atoms with E-state index in [1.165, 1.54) is 0 Å². The summed E-state index contributed by atoms with van der Waals surface area (Å²) in [6.07, 6.45) is 5.93. The summed E-state index contributed by atoms with van der Waals surface area (Å²) in [5.41, 5.74) is 2.71. The zero-order valence-electron chi connectivity index (χ0n) is 16.5. The minimum atomic E-state index is -0.529. The average Bonchev–Trinajstić information content (AvgIpc) is 2.74. The van der Waals surface area contributed by atoms with Crippen LogP contribution in [-0.2, 0) is 10.2 Å². The molecule has 1 saturated carbocycles. The minimum Gasteiger partial charge on any atom is -0.354 e. The quantitative estimate of drug-likeness (QED) is 0.588. The molecule has 1 aliphatic rings. The van der Waals surface area contributed by atoms with Crippen molar-refractivity contribution < 1.29 is 9.59 Å². The number of rotatable bonds is 5. The van der Waals surface area contributed by atoms with E-state index in [2.05, 4.69) is 36.5 Å². The maximum atomic E-state index is 13.1. The molecule has 0 atom stereocenters. The van der Waals surface area contributed by atoms with E-state index in [1.807, 2.05) is 36.4 Å². The van der Waals surface area contributed by atoms with Crippen molar-refractivity contribution in [1.82, 2.24) is 15.3 Å². The first-order chi connectivity index (χ1) is 14.5. The van der Waals surface area contributed by atoms with Gasteiger partial charge in [0.05, 0.1) is 5.41 Å². The predicted molar refractivity (Wildman–Crippen MR) is 119 cm³/mol. The SMILES string of the molecule is CNC(=O)c1cc(-c2ccc(C3(C(=O)Nc4ccc(Br)cn4)CCC3)cc2)ccn1. The first-order valence-electron chi connectivity index (χ1n) is 9.74. The van der Waals surface area contributed by atoms with Gasteiger partial charge in [-0.15, -0.1) is 0 Å². The number of amides is 2. The molecule has 0 saturated heterocycles. The summed E-state index contributed by atoms with van der Waals surface area (Å²) in [5, 5.41) is 5.55. The molecule has 1 aromatic carbocycles. The number of benzene rings is 1. The lowest BCUT2D eigenvalue weighted by Crippen LogP contribution is -2.46. The number of pyridine rings is 2. The summed E-state index contributed by atoms with van der Waals surface area (Å²) < 4.78 is 0.866. The molecule has 1 fully saturated rings. The molecule has 4 rings (SSSR count). The van der Waals surface area contributed by atoms with Gasteiger partial charge in [0.25, 0.3) is 5.91 Å². The van der Waals surface area contributed by atoms with Crippen LogP contribution in [-0.4, -0.2) is 28.8 Å². The third-order valence-electron chi connectivity index (χ3n) is 5.60. The number of anilines is 1. The molecule has 1 aliphatic carbocycles. The molecule has 2 amide bonds. The molecule has 7 heteroatoms. The van der Waals surface area contributed by atoms with Gasteiger partial charge in [0, 0.05) is 23.9 Å². The predicted octanol–water partition coefficient (Wildman–Crippen LogP) is 4.33. The molecule has 0 aliphatic heterocycles. The number of carbonyl (C=O) groups is 2. The number of nitrogens with zero attached hydrogens (tertiary/aromatic N) is 2. The second kappa shape index (κ2) is 8.36. The van der Waals surface area contributed by atoms with Crippen molar-refractivity contribution in [3.63, 3.8) is 0 Å². The molecule has 152 valence electrons. The highest BCUT2D eigenvalue weighted by Gasteiger charge is 2.45. The molecule has 2 N–H and O–H groups in total. The van der Waals surface area contributed by atoms with E-state index < -0.39 is 5.41 Å². The highest BCUT2D eigenvalue weighted by molar-refractivity contribution is 9.10. The Kier molecular flexibility index (Phi) is 5.63. The van der Waals surface area contributed by atoms with Crippen molar-refractivity contribution >= 4 is 33.6 Å². The third kappa shape index (κ3) is 3.85. The number of hydrogen-bond acceptors (Lipinski definition) is 4. The van der Waals surface area contributed by atoms with Crippen LogP contribution in [0.5, 0.6) is 0 Å². The molecule has 2 heterocycles. The molecular formula is C23H21BrN4O2. The number of hydrogen-bond donors (Lipinski definition) is 2. The van der Waals surface area contributed by atoms with Gasteiger partial charge in [-0.1, -0.05) is 30.7 Å². The van der Waals surface area contributed by atoms with Crippen molar-refractivity contribution in [2.45, 2.75) is 24.7 Å². The smallest absolute Gasteiger partial charge is 0.269 e. The second-order valence-electron chi connectivity index (χ2n) is 7.34. The van der Waals surface area contributed by atoms with E-state index in [0.717, 1.165) is 40.4 Å². The zero-order chi connectivity index (χ0) is 21.1. The lowest BCUT2D eigenvalue weighted by atomic mass is 9.63. The molecule has 0 spiro atoms. The van der Waals surface area contributed by atoms with Crippen molar-refractivity contribution in [2.24, 2.45) is 0 Å². The van der Waals surface area contributed by atoms with Crippen molar-refractivity contribution in [2.75, 3.05) is 12.4 Å². The second-order valence-corrected chi connectivity index (χ2v) is 8.25. The van der Waals surface area contributed by atoms with Crippen LogP contribution in [0.3, 0.4) is 0 Å². The summed E-state index contributed by atoms with van der Waals surface area (Å²) in [4.78, 5) is 33.3. The first-order valence-corrected chi connectivity index (χ1v) is 10.5. The molecule has 2 aromatic heterocycles. The van der Waals surface area contributed by atoms with Gasteiger partial charge in [0.15, 0.2) is 0 Å². The molecule has 0 radical (unpaired) electrons. The summed E-state index contributed by atoms with van der Waals surface area (Å²) >= 11 is 3.35. The minimum absolute atomic E-state index is 0.0258. The van der Waals surface area contributed by atoms with Crippen LogP contribution in [0.4, 0.5) is 5.82 Å². The van der Waals surface area contributed by atoms with Gasteiger partial charge in [-0.25, -0.2) is 4.98 Å². The van der Waals surface area contributed by atoms with Gasteiger partial charge in [-0.3, -0.25) is 14.6 Å². The van der Waals surface area contributed by atoms with Gasteiger partial charge in [0.2, 0.25) is 5.91 Å². The van der Waals surface area contributed by atoms with Gasteiger partial charge in [-0.05, 0) is 69.7 Å². The third-order valence-corrected chi connectivity index (χ3v) is 6.07. The topological polar surface area (TPSA) is 84.0 Å². The normalized spacial score (nSPS) is 14.5. The Hall–Kier alpha value is -3.06. The fourth-order valence-electron chi connectivity index (χ4n) is 3.71. The first kappa shape index (κ1) is 20.2. The molecule has 6 nitrogen and oxygen atoms in total. The van der Waals surface area contributed by atoms with Crippen LogP contribution in [0, 0.1) is 0 Å². The van der Waals surface area contributed by atoms with E-state index in [9.17, 15) is 9.59 Å². The standard InChI is InChI=1S/C23H21BrN4O2/c1-25-21(29)19-13-16(9-12-26-19)15-3-5-17(6-4-15)23(10-2-11-23)22(30)28-20-8-7-18(24)14-27-20/h3-9,12-14H,2,10-11H2,1H3,(H,25,29)(H,27,28,30). The van der Waals surface area contributed by atoms with Crippen LogP contribution >= 0.6 is 15.9 Å². The number of carbonyl (C=O) groups excluding carboxylic acids is 2. The Balaban J connectivity index is 1.57. The van der Waals surface area contributed by atoms with Crippen molar-refractivity contribution in [1.29, 1.82) is 0 Å². The van der Waals surface area contributed by atoms with Crippen LogP contribution < -0.4 is 10.6 Å². The molecular weight excluding hydrogens is 444 g/mol. The van der Waals surface area contributed by atoms with Crippen LogP contribution in [0.15, 0.2) is 65.4 Å². The Morgan fingerprint density at radius 3 is 2.37 bits per heavy atom.